The highest BCUT2D eigenvalue weighted by Gasteiger charge is 2.38. The predicted octanol–water partition coefficient (Wildman–Crippen LogP) is 5.00. The van der Waals surface area contributed by atoms with E-state index in [2.05, 4.69) is 4.98 Å². The normalized spacial score (nSPS) is 13.0. The van der Waals surface area contributed by atoms with Crippen LogP contribution in [-0.4, -0.2) is 32.2 Å². The van der Waals surface area contributed by atoms with Crippen molar-refractivity contribution in [3.63, 3.8) is 0 Å². The summed E-state index contributed by atoms with van der Waals surface area (Å²) in [5.74, 6) is -0.703. The van der Waals surface area contributed by atoms with Crippen LogP contribution in [0.25, 0.3) is 10.9 Å². The first kappa shape index (κ1) is 27.4. The molecule has 1 amide bonds. The van der Waals surface area contributed by atoms with Gasteiger partial charge in [0.05, 0.1) is 12.1 Å². The molecule has 5 aromatic rings. The zero-order valence-electron chi connectivity index (χ0n) is 22.1. The van der Waals surface area contributed by atoms with Gasteiger partial charge >= 0.3 is 10.3 Å². The van der Waals surface area contributed by atoms with Gasteiger partial charge in [0.1, 0.15) is 17.4 Å². The zero-order chi connectivity index (χ0) is 29.3. The molecule has 0 fully saturated rings. The Hall–Kier alpha value is -4.74. The maximum atomic E-state index is 14.1. The number of nitrogens with zero attached hydrogens (tertiary/aromatic N) is 2. The number of hydrogen-bond acceptors (Lipinski definition) is 6. The van der Waals surface area contributed by atoms with Crippen molar-refractivity contribution in [3.8, 4) is 11.5 Å². The molecule has 0 atom stereocenters. The Morgan fingerprint density at radius 1 is 0.905 bits per heavy atom. The molecular weight excluding hydrogens is 556 g/mol. The van der Waals surface area contributed by atoms with Crippen molar-refractivity contribution in [1.82, 2.24) is 14.5 Å². The van der Waals surface area contributed by atoms with Gasteiger partial charge in [-0.2, -0.15) is 8.42 Å². The minimum atomic E-state index is -4.42. The molecule has 11 heteroatoms. The molecule has 1 aromatic heterocycles. The fourth-order valence-electron chi connectivity index (χ4n) is 5.08. The molecule has 0 bridgehead atoms. The topological polar surface area (TPSA) is 97.8 Å². The van der Waals surface area contributed by atoms with Crippen LogP contribution in [0.5, 0.6) is 11.5 Å². The van der Waals surface area contributed by atoms with Crippen molar-refractivity contribution in [2.75, 3.05) is 0 Å². The van der Waals surface area contributed by atoms with Crippen LogP contribution in [0.15, 0.2) is 103 Å². The van der Waals surface area contributed by atoms with E-state index in [9.17, 15) is 17.6 Å². The predicted molar refractivity (Wildman–Crippen MR) is 156 cm³/mol. The van der Waals surface area contributed by atoms with E-state index in [1.807, 2.05) is 60.7 Å². The van der Waals surface area contributed by atoms with Crippen molar-refractivity contribution >= 4 is 35.1 Å². The number of fused-ring (bicyclic) bond motifs is 2. The lowest BCUT2D eigenvalue weighted by Crippen LogP contribution is -2.26. The van der Waals surface area contributed by atoms with Crippen LogP contribution in [0.4, 0.5) is 4.39 Å². The van der Waals surface area contributed by atoms with Gasteiger partial charge in [-0.1, -0.05) is 72.8 Å². The maximum absolute atomic E-state index is 14.1. The van der Waals surface area contributed by atoms with E-state index in [0.717, 1.165) is 11.1 Å². The van der Waals surface area contributed by atoms with Gasteiger partial charge in [-0.15, -0.1) is 0 Å². The van der Waals surface area contributed by atoms with Gasteiger partial charge in [0, 0.05) is 23.7 Å². The number of nitrogens with one attached hydrogen (secondary N) is 1. The first-order chi connectivity index (χ1) is 20.3. The van der Waals surface area contributed by atoms with Crippen molar-refractivity contribution < 1.29 is 26.5 Å². The second-order valence-electron chi connectivity index (χ2n) is 9.67. The third kappa shape index (κ3) is 5.31. The lowest BCUT2D eigenvalue weighted by molar-refractivity contribution is 0.0762. The Labute approximate surface area is 243 Å². The van der Waals surface area contributed by atoms with Crippen molar-refractivity contribution in [1.29, 1.82) is 0 Å². The minimum Gasteiger partial charge on any atom is -0.478 e. The third-order valence-corrected chi connectivity index (χ3v) is 7.66. The summed E-state index contributed by atoms with van der Waals surface area (Å²) in [7, 11) is 0.807. The summed E-state index contributed by atoms with van der Waals surface area (Å²) in [5, 5.41) is 0.321. The summed E-state index contributed by atoms with van der Waals surface area (Å²) in [6.07, 6.45) is 0.901. The smallest absolute Gasteiger partial charge is 0.371 e. The molecule has 42 heavy (non-hydrogen) atoms. The lowest BCUT2D eigenvalue weighted by atomic mass is 9.99. The van der Waals surface area contributed by atoms with Crippen LogP contribution >= 0.6 is 0 Å². The molecule has 208 valence electrons. The minimum absolute atomic E-state index is 0.00347. The number of halogens is 1. The molecule has 2 heterocycles. The number of rotatable bonds is 9. The van der Waals surface area contributed by atoms with Crippen LogP contribution in [0.3, 0.4) is 0 Å². The summed E-state index contributed by atoms with van der Waals surface area (Å²) in [4.78, 5) is 20.1. The monoisotopic (exact) mass is 579 g/mol. The zero-order valence-corrected chi connectivity index (χ0v) is 22.9. The van der Waals surface area contributed by atoms with Gasteiger partial charge in [0.15, 0.2) is 11.5 Å². The van der Waals surface area contributed by atoms with E-state index >= 15 is 0 Å². The number of benzene rings is 4. The van der Waals surface area contributed by atoms with E-state index < -0.39 is 28.1 Å². The Bertz CT molecular complexity index is 1840. The molecular formula is C31H23BFN3O5S. The van der Waals surface area contributed by atoms with E-state index in [1.165, 1.54) is 23.2 Å². The Morgan fingerprint density at radius 3 is 2.17 bits per heavy atom. The quantitative estimate of drug-likeness (QED) is 0.247. The summed E-state index contributed by atoms with van der Waals surface area (Å²) >= 11 is 0. The lowest BCUT2D eigenvalue weighted by Gasteiger charge is -2.23. The van der Waals surface area contributed by atoms with Gasteiger partial charge in [0.25, 0.3) is 5.91 Å². The highest BCUT2D eigenvalue weighted by Crippen LogP contribution is 2.46. The Kier molecular flexibility index (Phi) is 7.36. The first-order valence-electron chi connectivity index (χ1n) is 13.0. The standard InChI is InChI=1S/C31H23BFN3O5S/c32-35-42(38,39)41-29-24-12-7-17-34-27(24)30(40-28(21-8-3-1-4-9-21)22-10-5-2-6-11-22)26-25(29)19-36(31(26)37)18-20-13-15-23(33)16-14-20/h1-17,28,35H,18-19H2. The Morgan fingerprint density at radius 2 is 1.55 bits per heavy atom. The molecule has 0 saturated heterocycles. The molecule has 0 spiro atoms. The van der Waals surface area contributed by atoms with Crippen LogP contribution in [0.2, 0.25) is 0 Å². The van der Waals surface area contributed by atoms with Crippen LogP contribution in [0, 0.1) is 5.82 Å². The molecule has 1 aliphatic rings. The van der Waals surface area contributed by atoms with Gasteiger partial charge in [-0.3, -0.25) is 9.78 Å². The summed E-state index contributed by atoms with van der Waals surface area (Å²) in [5.41, 5.74) is 3.04. The molecule has 0 unspecified atom stereocenters. The van der Waals surface area contributed by atoms with Gasteiger partial charge in [0.2, 0.25) is 7.98 Å². The van der Waals surface area contributed by atoms with E-state index in [-0.39, 0.29) is 35.7 Å². The molecule has 1 aliphatic heterocycles. The molecule has 1 N–H and O–H groups in total. The first-order valence-corrected chi connectivity index (χ1v) is 14.4. The average Bonchev–Trinajstić information content (AvgIpc) is 3.34. The maximum Gasteiger partial charge on any atom is 0.371 e. The highest BCUT2D eigenvalue weighted by molar-refractivity contribution is 7.86. The average molecular weight is 579 g/mol. The number of hydrogen-bond donors (Lipinski definition) is 1. The summed E-state index contributed by atoms with van der Waals surface area (Å²) in [6, 6.07) is 28.1. The molecule has 8 nitrogen and oxygen atoms in total. The Balaban J connectivity index is 1.55. The van der Waals surface area contributed by atoms with Crippen LogP contribution < -0.4 is 13.6 Å². The summed E-state index contributed by atoms with van der Waals surface area (Å²) in [6.45, 7) is 0.142. The second kappa shape index (κ2) is 11.3. The van der Waals surface area contributed by atoms with Gasteiger partial charge < -0.3 is 13.8 Å². The molecule has 0 aliphatic carbocycles. The van der Waals surface area contributed by atoms with E-state index in [0.29, 0.717) is 16.5 Å². The highest BCUT2D eigenvalue weighted by atomic mass is 32.2. The molecule has 2 radical (unpaired) electrons. The summed E-state index contributed by atoms with van der Waals surface area (Å²) < 4.78 is 52.3. The number of amides is 1. The van der Waals surface area contributed by atoms with Crippen molar-refractivity contribution in [2.45, 2.75) is 19.2 Å². The number of aromatic nitrogens is 1. The molecule has 0 saturated carbocycles. The van der Waals surface area contributed by atoms with Crippen LogP contribution in [0.1, 0.15) is 38.7 Å². The fourth-order valence-corrected chi connectivity index (χ4v) is 5.54. The van der Waals surface area contributed by atoms with E-state index in [1.54, 1.807) is 28.9 Å². The number of pyridine rings is 1. The number of carbonyl (C=O) groups excluding carboxylic acids is 1. The molecule has 4 aromatic carbocycles. The SMILES string of the molecule is [B]NS(=O)(=O)Oc1c2c(c(OC(c3ccccc3)c3ccccc3)c3ncccc13)C(=O)N(Cc1ccc(F)cc1)C2. The second-order valence-corrected chi connectivity index (χ2v) is 11.0. The third-order valence-electron chi connectivity index (χ3n) is 6.98. The van der Waals surface area contributed by atoms with Crippen LogP contribution in [-0.2, 0) is 23.4 Å². The van der Waals surface area contributed by atoms with Crippen molar-refractivity contribution in [2.24, 2.45) is 0 Å². The van der Waals surface area contributed by atoms with E-state index in [4.69, 9.17) is 16.9 Å². The number of carbonyl (C=O) groups is 1. The number of ether oxygens (including phenoxy) is 1. The molecule has 6 rings (SSSR count). The largest absolute Gasteiger partial charge is 0.478 e. The van der Waals surface area contributed by atoms with Crippen molar-refractivity contribution in [3.05, 3.63) is 137 Å². The fraction of sp³-hybridized carbons (Fsp3) is 0.0968. The van der Waals surface area contributed by atoms with Gasteiger partial charge in [-0.25, -0.2) is 9.02 Å². The van der Waals surface area contributed by atoms with Gasteiger partial charge in [-0.05, 0) is 41.0 Å².